The summed E-state index contributed by atoms with van der Waals surface area (Å²) in [6.45, 7) is 4.11. The zero-order chi connectivity index (χ0) is 12.2. The number of aliphatic hydroxyl groups is 1. The van der Waals surface area contributed by atoms with E-state index in [1.807, 2.05) is 0 Å². The molecule has 0 heterocycles. The van der Waals surface area contributed by atoms with Crippen LogP contribution in [-0.4, -0.2) is 23.8 Å². The second-order valence-corrected chi connectivity index (χ2v) is 4.34. The summed E-state index contributed by atoms with van der Waals surface area (Å²) in [7, 11) is 0. The van der Waals surface area contributed by atoms with Crippen LogP contribution in [0.25, 0.3) is 0 Å². The Labute approximate surface area is 99.2 Å². The molecule has 0 spiro atoms. The van der Waals surface area contributed by atoms with Gasteiger partial charge in [0.2, 0.25) is 0 Å². The van der Waals surface area contributed by atoms with Crippen molar-refractivity contribution in [2.75, 3.05) is 6.61 Å². The van der Waals surface area contributed by atoms with Crippen molar-refractivity contribution in [3.8, 4) is 0 Å². The maximum Gasteiger partial charge on any atom is 0.302 e. The lowest BCUT2D eigenvalue weighted by molar-refractivity contribution is -0.141. The van der Waals surface area contributed by atoms with Crippen LogP contribution in [0.15, 0.2) is 0 Å². The van der Waals surface area contributed by atoms with Crippen molar-refractivity contribution in [3.05, 3.63) is 0 Å². The van der Waals surface area contributed by atoms with Crippen LogP contribution in [0.2, 0.25) is 0 Å². The Morgan fingerprint density at radius 1 is 1.12 bits per heavy atom. The molecule has 0 aliphatic heterocycles. The molecule has 0 radical (unpaired) electrons. The molecule has 0 saturated heterocycles. The zero-order valence-electron chi connectivity index (χ0n) is 10.7. The average molecular weight is 230 g/mol. The molecule has 0 aromatic rings. The molecule has 0 bridgehead atoms. The van der Waals surface area contributed by atoms with E-state index in [-0.39, 0.29) is 12.1 Å². The SMILES string of the molecule is CCCCC[C@@H](O)CCCCCOC(C)=O. The summed E-state index contributed by atoms with van der Waals surface area (Å²) in [5.41, 5.74) is 0. The molecule has 96 valence electrons. The van der Waals surface area contributed by atoms with Gasteiger partial charge in [0.15, 0.2) is 0 Å². The first-order valence-electron chi connectivity index (χ1n) is 6.48. The molecule has 3 nitrogen and oxygen atoms in total. The lowest BCUT2D eigenvalue weighted by atomic mass is 10.0. The van der Waals surface area contributed by atoms with E-state index in [0.29, 0.717) is 6.61 Å². The van der Waals surface area contributed by atoms with E-state index in [0.717, 1.165) is 38.5 Å². The third-order valence-corrected chi connectivity index (χ3v) is 2.63. The smallest absolute Gasteiger partial charge is 0.302 e. The second kappa shape index (κ2) is 10.9. The van der Waals surface area contributed by atoms with Gasteiger partial charge < -0.3 is 9.84 Å². The zero-order valence-corrected chi connectivity index (χ0v) is 10.7. The molecule has 0 rings (SSSR count). The fourth-order valence-electron chi connectivity index (χ4n) is 1.65. The highest BCUT2D eigenvalue weighted by atomic mass is 16.5. The van der Waals surface area contributed by atoms with Gasteiger partial charge in [0.1, 0.15) is 0 Å². The van der Waals surface area contributed by atoms with Gasteiger partial charge in [-0.2, -0.15) is 0 Å². The highest BCUT2D eigenvalue weighted by molar-refractivity contribution is 5.65. The minimum absolute atomic E-state index is 0.139. The van der Waals surface area contributed by atoms with E-state index in [1.54, 1.807) is 0 Å². The Morgan fingerprint density at radius 3 is 2.31 bits per heavy atom. The molecule has 0 saturated carbocycles. The molecule has 0 amide bonds. The van der Waals surface area contributed by atoms with E-state index < -0.39 is 0 Å². The number of esters is 1. The highest BCUT2D eigenvalue weighted by Crippen LogP contribution is 2.10. The van der Waals surface area contributed by atoms with Gasteiger partial charge >= 0.3 is 5.97 Å². The van der Waals surface area contributed by atoms with Gasteiger partial charge in [0, 0.05) is 6.92 Å². The van der Waals surface area contributed by atoms with Crippen molar-refractivity contribution in [1.29, 1.82) is 0 Å². The molecule has 0 aromatic heterocycles. The number of hydrogen-bond acceptors (Lipinski definition) is 3. The summed E-state index contributed by atoms with van der Waals surface area (Å²) < 4.78 is 4.83. The minimum atomic E-state index is -0.209. The van der Waals surface area contributed by atoms with Crippen LogP contribution in [0.4, 0.5) is 0 Å². The summed E-state index contributed by atoms with van der Waals surface area (Å²) >= 11 is 0. The Balaban J connectivity index is 3.14. The van der Waals surface area contributed by atoms with Crippen molar-refractivity contribution in [2.24, 2.45) is 0 Å². The Hall–Kier alpha value is -0.570. The Morgan fingerprint density at radius 2 is 1.75 bits per heavy atom. The average Bonchev–Trinajstić information content (AvgIpc) is 2.23. The van der Waals surface area contributed by atoms with Crippen LogP contribution in [0.1, 0.15) is 65.2 Å². The van der Waals surface area contributed by atoms with Crippen LogP contribution < -0.4 is 0 Å². The number of rotatable bonds is 10. The lowest BCUT2D eigenvalue weighted by Crippen LogP contribution is -2.06. The van der Waals surface area contributed by atoms with Crippen molar-refractivity contribution >= 4 is 5.97 Å². The van der Waals surface area contributed by atoms with Crippen molar-refractivity contribution in [3.63, 3.8) is 0 Å². The second-order valence-electron chi connectivity index (χ2n) is 4.34. The fourth-order valence-corrected chi connectivity index (χ4v) is 1.65. The first-order chi connectivity index (χ1) is 7.66. The van der Waals surface area contributed by atoms with E-state index in [1.165, 1.54) is 19.8 Å². The minimum Gasteiger partial charge on any atom is -0.466 e. The standard InChI is InChI=1S/C13H26O3/c1-3-4-6-9-13(15)10-7-5-8-11-16-12(2)14/h13,15H,3-11H2,1-2H3/t13-/m1/s1. The van der Waals surface area contributed by atoms with E-state index in [9.17, 15) is 9.90 Å². The normalized spacial score (nSPS) is 12.4. The van der Waals surface area contributed by atoms with Crippen LogP contribution in [0.3, 0.4) is 0 Å². The summed E-state index contributed by atoms with van der Waals surface area (Å²) in [6.07, 6.45) is 8.17. The van der Waals surface area contributed by atoms with E-state index in [2.05, 4.69) is 6.92 Å². The topological polar surface area (TPSA) is 46.5 Å². The Kier molecular flexibility index (Phi) is 10.5. The predicted molar refractivity (Wildman–Crippen MR) is 65.2 cm³/mol. The number of hydrogen-bond donors (Lipinski definition) is 1. The summed E-state index contributed by atoms with van der Waals surface area (Å²) in [4.78, 5) is 10.5. The molecule has 1 atom stereocenters. The van der Waals surface area contributed by atoms with Gasteiger partial charge in [0.05, 0.1) is 12.7 Å². The first-order valence-corrected chi connectivity index (χ1v) is 6.48. The van der Waals surface area contributed by atoms with Gasteiger partial charge in [-0.1, -0.05) is 32.6 Å². The quantitative estimate of drug-likeness (QED) is 0.463. The first kappa shape index (κ1) is 15.4. The van der Waals surface area contributed by atoms with E-state index in [4.69, 9.17) is 4.74 Å². The maximum absolute atomic E-state index is 10.5. The van der Waals surface area contributed by atoms with E-state index >= 15 is 0 Å². The van der Waals surface area contributed by atoms with Gasteiger partial charge in [-0.25, -0.2) is 0 Å². The summed E-state index contributed by atoms with van der Waals surface area (Å²) in [6, 6.07) is 0. The molecule has 16 heavy (non-hydrogen) atoms. The maximum atomic E-state index is 10.5. The third kappa shape index (κ3) is 11.5. The number of carbonyl (C=O) groups excluding carboxylic acids is 1. The summed E-state index contributed by atoms with van der Waals surface area (Å²) in [5, 5.41) is 9.64. The third-order valence-electron chi connectivity index (χ3n) is 2.63. The molecule has 0 fully saturated rings. The van der Waals surface area contributed by atoms with Crippen LogP contribution >= 0.6 is 0 Å². The predicted octanol–water partition coefficient (Wildman–Crippen LogP) is 3.05. The molecule has 0 aliphatic rings. The van der Waals surface area contributed by atoms with Gasteiger partial charge in [0.25, 0.3) is 0 Å². The molecular weight excluding hydrogens is 204 g/mol. The van der Waals surface area contributed by atoms with Gasteiger partial charge in [-0.05, 0) is 25.7 Å². The van der Waals surface area contributed by atoms with Crippen molar-refractivity contribution in [1.82, 2.24) is 0 Å². The van der Waals surface area contributed by atoms with Crippen LogP contribution in [-0.2, 0) is 9.53 Å². The largest absolute Gasteiger partial charge is 0.466 e. The molecule has 0 unspecified atom stereocenters. The molecule has 0 aromatic carbocycles. The summed E-state index contributed by atoms with van der Waals surface area (Å²) in [5.74, 6) is -0.209. The number of carbonyl (C=O) groups is 1. The molecule has 1 N–H and O–H groups in total. The van der Waals surface area contributed by atoms with Gasteiger partial charge in [-0.15, -0.1) is 0 Å². The monoisotopic (exact) mass is 230 g/mol. The number of unbranched alkanes of at least 4 members (excludes halogenated alkanes) is 4. The molecule has 0 aliphatic carbocycles. The van der Waals surface area contributed by atoms with Crippen LogP contribution in [0.5, 0.6) is 0 Å². The van der Waals surface area contributed by atoms with Crippen molar-refractivity contribution in [2.45, 2.75) is 71.3 Å². The molecule has 3 heteroatoms. The number of aliphatic hydroxyl groups excluding tert-OH is 1. The molecular formula is C13H26O3. The van der Waals surface area contributed by atoms with Crippen molar-refractivity contribution < 1.29 is 14.6 Å². The number of ether oxygens (including phenoxy) is 1. The van der Waals surface area contributed by atoms with Gasteiger partial charge in [-0.3, -0.25) is 4.79 Å². The Bertz CT molecular complexity index is 169. The lowest BCUT2D eigenvalue weighted by Gasteiger charge is -2.09. The van der Waals surface area contributed by atoms with Crippen LogP contribution in [0, 0.1) is 0 Å². The fraction of sp³-hybridized carbons (Fsp3) is 0.923. The highest BCUT2D eigenvalue weighted by Gasteiger charge is 2.03.